The molecule has 3 nitrogen and oxygen atoms in total. The fourth-order valence-electron chi connectivity index (χ4n) is 1.46. The molecule has 0 radical (unpaired) electrons. The van der Waals surface area contributed by atoms with Crippen molar-refractivity contribution >= 4 is 21.8 Å². The Morgan fingerprint density at radius 3 is 2.44 bits per heavy atom. The lowest BCUT2D eigenvalue weighted by Gasteiger charge is -2.20. The first-order chi connectivity index (χ1) is 8.51. The molecule has 0 bridgehead atoms. The zero-order chi connectivity index (χ0) is 13.7. The van der Waals surface area contributed by atoms with Crippen molar-refractivity contribution in [2.24, 2.45) is 0 Å². The van der Waals surface area contributed by atoms with Gasteiger partial charge in [0.2, 0.25) is 0 Å². The number of hydrogen-bond donors (Lipinski definition) is 1. The molecule has 18 heavy (non-hydrogen) atoms. The number of rotatable bonds is 5. The molecule has 0 saturated heterocycles. The van der Waals surface area contributed by atoms with E-state index in [1.54, 1.807) is 0 Å². The highest BCUT2D eigenvalue weighted by molar-refractivity contribution is 9.10. The highest BCUT2D eigenvalue weighted by Gasteiger charge is 2.22. The van der Waals surface area contributed by atoms with Crippen LogP contribution in [0.3, 0.4) is 0 Å². The van der Waals surface area contributed by atoms with Gasteiger partial charge in [0.15, 0.2) is 0 Å². The third-order valence-corrected chi connectivity index (χ3v) is 2.69. The number of carbonyl (C=O) groups is 1. The zero-order valence-electron chi connectivity index (χ0n) is 9.50. The number of nitrogens with zero attached hydrogens (tertiary/aromatic N) is 1. The van der Waals surface area contributed by atoms with E-state index in [-0.39, 0.29) is 24.2 Å². The third kappa shape index (κ3) is 3.36. The van der Waals surface area contributed by atoms with E-state index in [0.29, 0.717) is 0 Å². The van der Waals surface area contributed by atoms with E-state index in [9.17, 15) is 13.6 Å². The van der Waals surface area contributed by atoms with Crippen LogP contribution in [0.4, 0.5) is 8.78 Å². The Bertz CT molecular complexity index is 442. The molecule has 0 heterocycles. The number of carbonyl (C=O) groups excluding carboxylic acids is 1. The van der Waals surface area contributed by atoms with E-state index in [2.05, 4.69) is 22.5 Å². The summed E-state index contributed by atoms with van der Waals surface area (Å²) < 4.78 is 27.4. The highest BCUT2D eigenvalue weighted by Crippen LogP contribution is 2.20. The van der Waals surface area contributed by atoms with Gasteiger partial charge in [0.25, 0.3) is 5.91 Å². The molecule has 0 spiro atoms. The smallest absolute Gasteiger partial charge is 0.260 e. The molecule has 0 saturated carbocycles. The van der Waals surface area contributed by atoms with Gasteiger partial charge in [-0.05, 0) is 12.1 Å². The second-order valence-electron chi connectivity index (χ2n) is 3.51. The molecule has 1 aromatic rings. The summed E-state index contributed by atoms with van der Waals surface area (Å²) in [7, 11) is 0. The molecule has 0 fully saturated rings. The number of aliphatic hydroxyl groups excluding tert-OH is 1. The van der Waals surface area contributed by atoms with Crippen LogP contribution in [0, 0.1) is 11.6 Å². The van der Waals surface area contributed by atoms with Crippen molar-refractivity contribution in [2.75, 3.05) is 19.7 Å². The predicted molar refractivity (Wildman–Crippen MR) is 67.2 cm³/mol. The standard InChI is InChI=1S/C12H12BrF2NO2/c1-2-3-16(4-5-17)12(18)11-9(14)6-8(13)7-10(11)15/h2,6-7,17H,1,3-5H2. The lowest BCUT2D eigenvalue weighted by Crippen LogP contribution is -2.34. The topological polar surface area (TPSA) is 40.5 Å². The van der Waals surface area contributed by atoms with Gasteiger partial charge in [0.1, 0.15) is 17.2 Å². The van der Waals surface area contributed by atoms with Crippen LogP contribution in [0.2, 0.25) is 0 Å². The maximum Gasteiger partial charge on any atom is 0.260 e. The molecular formula is C12H12BrF2NO2. The Hall–Kier alpha value is -1.27. The second-order valence-corrected chi connectivity index (χ2v) is 4.42. The molecule has 0 unspecified atom stereocenters. The summed E-state index contributed by atoms with van der Waals surface area (Å²) in [6, 6.07) is 2.03. The number of halogens is 3. The van der Waals surface area contributed by atoms with E-state index >= 15 is 0 Å². The van der Waals surface area contributed by atoms with E-state index in [1.165, 1.54) is 6.08 Å². The lowest BCUT2D eigenvalue weighted by atomic mass is 10.1. The minimum absolute atomic E-state index is 0.0141. The monoisotopic (exact) mass is 319 g/mol. The summed E-state index contributed by atoms with van der Waals surface area (Å²) in [5.41, 5.74) is -0.631. The number of aliphatic hydroxyl groups is 1. The Morgan fingerprint density at radius 2 is 2.00 bits per heavy atom. The summed E-state index contributed by atoms with van der Waals surface area (Å²) in [6.45, 7) is 3.25. The van der Waals surface area contributed by atoms with Gasteiger partial charge in [-0.15, -0.1) is 6.58 Å². The van der Waals surface area contributed by atoms with Crippen LogP contribution in [-0.4, -0.2) is 35.6 Å². The van der Waals surface area contributed by atoms with E-state index in [4.69, 9.17) is 5.11 Å². The van der Waals surface area contributed by atoms with Crippen molar-refractivity contribution in [2.45, 2.75) is 0 Å². The van der Waals surface area contributed by atoms with Crippen molar-refractivity contribution in [3.63, 3.8) is 0 Å². The lowest BCUT2D eigenvalue weighted by molar-refractivity contribution is 0.0733. The van der Waals surface area contributed by atoms with Crippen LogP contribution in [-0.2, 0) is 0 Å². The van der Waals surface area contributed by atoms with Crippen LogP contribution in [0.15, 0.2) is 29.3 Å². The van der Waals surface area contributed by atoms with Crippen molar-refractivity contribution in [3.8, 4) is 0 Å². The number of hydrogen-bond acceptors (Lipinski definition) is 2. The fraction of sp³-hybridized carbons (Fsp3) is 0.250. The quantitative estimate of drug-likeness (QED) is 0.846. The van der Waals surface area contributed by atoms with Crippen molar-refractivity contribution in [3.05, 3.63) is 46.5 Å². The van der Waals surface area contributed by atoms with Crippen LogP contribution in [0.5, 0.6) is 0 Å². The van der Waals surface area contributed by atoms with E-state index < -0.39 is 23.1 Å². The molecule has 1 aromatic carbocycles. The largest absolute Gasteiger partial charge is 0.395 e. The Morgan fingerprint density at radius 1 is 1.44 bits per heavy atom. The first-order valence-electron chi connectivity index (χ1n) is 5.16. The molecule has 0 aromatic heterocycles. The van der Waals surface area contributed by atoms with Crippen molar-refractivity contribution in [1.29, 1.82) is 0 Å². The van der Waals surface area contributed by atoms with Gasteiger partial charge in [-0.3, -0.25) is 4.79 Å². The van der Waals surface area contributed by atoms with E-state index in [0.717, 1.165) is 17.0 Å². The Balaban J connectivity index is 3.12. The zero-order valence-corrected chi connectivity index (χ0v) is 11.1. The van der Waals surface area contributed by atoms with Gasteiger partial charge in [-0.25, -0.2) is 8.78 Å². The normalized spacial score (nSPS) is 10.2. The SMILES string of the molecule is C=CCN(CCO)C(=O)c1c(F)cc(Br)cc1F. The molecule has 0 aliphatic rings. The summed E-state index contributed by atoms with van der Waals surface area (Å²) in [4.78, 5) is 13.1. The van der Waals surface area contributed by atoms with Crippen molar-refractivity contribution in [1.82, 2.24) is 4.90 Å². The predicted octanol–water partition coefficient (Wildman–Crippen LogP) is 2.35. The molecule has 0 aliphatic carbocycles. The van der Waals surface area contributed by atoms with Gasteiger partial charge in [-0.1, -0.05) is 22.0 Å². The average molecular weight is 320 g/mol. The molecule has 1 N–H and O–H groups in total. The summed E-state index contributed by atoms with van der Waals surface area (Å²) in [5.74, 6) is -2.70. The maximum atomic E-state index is 13.6. The van der Waals surface area contributed by atoms with Crippen molar-refractivity contribution < 1.29 is 18.7 Å². The van der Waals surface area contributed by atoms with Gasteiger partial charge in [-0.2, -0.15) is 0 Å². The molecule has 6 heteroatoms. The summed E-state index contributed by atoms with van der Waals surface area (Å²) >= 11 is 2.93. The maximum absolute atomic E-state index is 13.6. The number of benzene rings is 1. The first kappa shape index (κ1) is 14.8. The Labute approximate surface area is 112 Å². The van der Waals surface area contributed by atoms with Crippen LogP contribution in [0.25, 0.3) is 0 Å². The Kier molecular flexibility index (Phi) is 5.43. The van der Waals surface area contributed by atoms with Crippen LogP contribution >= 0.6 is 15.9 Å². The molecule has 0 atom stereocenters. The first-order valence-corrected chi connectivity index (χ1v) is 5.96. The van der Waals surface area contributed by atoms with Crippen LogP contribution in [0.1, 0.15) is 10.4 Å². The molecule has 98 valence electrons. The molecule has 1 rings (SSSR count). The molecule has 0 aliphatic heterocycles. The van der Waals surface area contributed by atoms with Gasteiger partial charge < -0.3 is 10.0 Å². The summed E-state index contributed by atoms with van der Waals surface area (Å²) in [6.07, 6.45) is 1.42. The highest BCUT2D eigenvalue weighted by atomic mass is 79.9. The second kappa shape index (κ2) is 6.61. The fourth-order valence-corrected chi connectivity index (χ4v) is 1.86. The molecule has 1 amide bonds. The summed E-state index contributed by atoms with van der Waals surface area (Å²) in [5, 5.41) is 8.82. The number of amides is 1. The van der Waals surface area contributed by atoms with Gasteiger partial charge in [0, 0.05) is 17.6 Å². The molecular weight excluding hydrogens is 308 g/mol. The average Bonchev–Trinajstić information content (AvgIpc) is 2.27. The van der Waals surface area contributed by atoms with E-state index in [1.807, 2.05) is 0 Å². The third-order valence-electron chi connectivity index (χ3n) is 2.23. The minimum Gasteiger partial charge on any atom is -0.395 e. The minimum atomic E-state index is -0.945. The van der Waals surface area contributed by atoms with Gasteiger partial charge >= 0.3 is 0 Å². The van der Waals surface area contributed by atoms with Crippen LogP contribution < -0.4 is 0 Å². The van der Waals surface area contributed by atoms with Gasteiger partial charge in [0.05, 0.1) is 6.61 Å².